The van der Waals surface area contributed by atoms with E-state index in [1.165, 1.54) is 19.4 Å². The number of hydrogen-bond donors (Lipinski definition) is 5. The number of benzene rings is 3. The second-order valence-electron chi connectivity index (χ2n) is 10.1. The SMILES string of the molecule is CC(=O)NC(Cc1ccccc1)C(=O)O.CC(=O)N[C@@H](Cc1ccccc1)C(=O)O.COC(OC)C(N)CCc1ccccc1. The Morgan fingerprint density at radius 1 is 0.644 bits per heavy atom. The van der Waals surface area contributed by atoms with Crippen molar-refractivity contribution in [1.82, 2.24) is 10.6 Å². The van der Waals surface area contributed by atoms with Crippen LogP contribution in [0.5, 0.6) is 0 Å². The number of nitrogens with two attached hydrogens (primary N) is 1. The number of carbonyl (C=O) groups is 4. The predicted octanol–water partition coefficient (Wildman–Crippen LogP) is 3.20. The second-order valence-corrected chi connectivity index (χ2v) is 10.1. The Balaban J connectivity index is 0.000000337. The Kier molecular flexibility index (Phi) is 18.8. The summed E-state index contributed by atoms with van der Waals surface area (Å²) < 4.78 is 10.2. The molecule has 45 heavy (non-hydrogen) atoms. The van der Waals surface area contributed by atoms with Crippen LogP contribution in [0.25, 0.3) is 0 Å². The van der Waals surface area contributed by atoms with Crippen LogP contribution in [0.4, 0.5) is 0 Å². The van der Waals surface area contributed by atoms with E-state index < -0.39 is 24.0 Å². The van der Waals surface area contributed by atoms with Crippen molar-refractivity contribution in [3.63, 3.8) is 0 Å². The summed E-state index contributed by atoms with van der Waals surface area (Å²) in [6, 6.07) is 26.9. The number of carboxylic acids is 2. The molecule has 3 aromatic carbocycles. The molecule has 0 aliphatic carbocycles. The van der Waals surface area contributed by atoms with Crippen molar-refractivity contribution < 1.29 is 38.9 Å². The molecule has 0 bridgehead atoms. The highest BCUT2D eigenvalue weighted by atomic mass is 16.7. The number of ether oxygens (including phenoxy) is 2. The van der Waals surface area contributed by atoms with Crippen LogP contribution in [0.1, 0.15) is 37.0 Å². The highest BCUT2D eigenvalue weighted by Gasteiger charge is 2.19. The van der Waals surface area contributed by atoms with Gasteiger partial charge in [-0.3, -0.25) is 9.59 Å². The van der Waals surface area contributed by atoms with Gasteiger partial charge in [-0.15, -0.1) is 0 Å². The maximum atomic E-state index is 10.8. The Hall–Kier alpha value is -4.58. The van der Waals surface area contributed by atoms with Crippen molar-refractivity contribution in [2.45, 2.75) is 63.9 Å². The molecular weight excluding hydrogens is 578 g/mol. The molecule has 0 saturated heterocycles. The van der Waals surface area contributed by atoms with Crippen LogP contribution in [0.15, 0.2) is 91.0 Å². The molecular formula is C34H45N3O8. The fourth-order valence-corrected chi connectivity index (χ4v) is 4.15. The summed E-state index contributed by atoms with van der Waals surface area (Å²) in [7, 11) is 3.22. The first-order valence-corrected chi connectivity index (χ1v) is 14.4. The molecule has 0 aliphatic rings. The van der Waals surface area contributed by atoms with Gasteiger partial charge in [-0.25, -0.2) is 9.59 Å². The fourth-order valence-electron chi connectivity index (χ4n) is 4.15. The minimum atomic E-state index is -1.02. The lowest BCUT2D eigenvalue weighted by Gasteiger charge is -2.20. The predicted molar refractivity (Wildman–Crippen MR) is 171 cm³/mol. The minimum Gasteiger partial charge on any atom is -0.480 e. The van der Waals surface area contributed by atoms with Gasteiger partial charge in [0, 0.05) is 40.9 Å². The van der Waals surface area contributed by atoms with Crippen molar-refractivity contribution in [3.8, 4) is 0 Å². The van der Waals surface area contributed by atoms with E-state index in [4.69, 9.17) is 25.4 Å². The first kappa shape index (κ1) is 38.4. The lowest BCUT2D eigenvalue weighted by Crippen LogP contribution is -2.41. The number of carbonyl (C=O) groups excluding carboxylic acids is 2. The van der Waals surface area contributed by atoms with Crippen LogP contribution in [0.3, 0.4) is 0 Å². The molecule has 0 saturated carbocycles. The fraction of sp³-hybridized carbons (Fsp3) is 0.353. The van der Waals surface area contributed by atoms with Gasteiger partial charge in [-0.05, 0) is 29.5 Å². The smallest absolute Gasteiger partial charge is 0.326 e. The van der Waals surface area contributed by atoms with Crippen LogP contribution < -0.4 is 16.4 Å². The molecule has 244 valence electrons. The Bertz CT molecular complexity index is 1200. The van der Waals surface area contributed by atoms with E-state index in [1.54, 1.807) is 14.2 Å². The van der Waals surface area contributed by atoms with Gasteiger partial charge in [0.15, 0.2) is 6.29 Å². The molecule has 0 aliphatic heterocycles. The molecule has 3 atom stereocenters. The van der Waals surface area contributed by atoms with Crippen LogP contribution in [0.2, 0.25) is 0 Å². The number of carboxylic acid groups (broad SMARTS) is 2. The highest BCUT2D eigenvalue weighted by molar-refractivity contribution is 5.82. The number of aryl methyl sites for hydroxylation is 1. The monoisotopic (exact) mass is 623 g/mol. The third-order valence-corrected chi connectivity index (χ3v) is 6.34. The molecule has 3 rings (SSSR count). The van der Waals surface area contributed by atoms with Gasteiger partial charge >= 0.3 is 11.9 Å². The minimum absolute atomic E-state index is 0.0831. The number of nitrogens with one attached hydrogen (secondary N) is 2. The third kappa shape index (κ3) is 17.3. The zero-order chi connectivity index (χ0) is 33.6. The Morgan fingerprint density at radius 2 is 0.978 bits per heavy atom. The molecule has 2 amide bonds. The average Bonchev–Trinajstić information content (AvgIpc) is 3.02. The van der Waals surface area contributed by atoms with Gasteiger partial charge in [0.25, 0.3) is 0 Å². The molecule has 3 aromatic rings. The molecule has 0 aromatic heterocycles. The summed E-state index contributed by atoms with van der Waals surface area (Å²) in [5, 5.41) is 22.5. The highest BCUT2D eigenvalue weighted by Crippen LogP contribution is 2.08. The van der Waals surface area contributed by atoms with Crippen molar-refractivity contribution in [2.75, 3.05) is 14.2 Å². The number of aliphatic carboxylic acids is 2. The quantitative estimate of drug-likeness (QED) is 0.169. The van der Waals surface area contributed by atoms with Crippen molar-refractivity contribution in [2.24, 2.45) is 5.73 Å². The number of methoxy groups -OCH3 is 2. The standard InChI is InChI=1S/C12H19NO2.2C11H13NO3/c1-14-12(15-2)11(13)9-8-10-6-4-3-5-7-10;2*1-8(13)12-10(11(14)15)7-9-5-3-2-4-6-9/h3-7,11-12H,8-9,13H2,1-2H3;2*2-6,10H,7H2,1H3,(H,12,13)(H,14,15)/t;10-;/m.0./s1. The van der Waals surface area contributed by atoms with Crippen molar-refractivity contribution >= 4 is 23.8 Å². The van der Waals surface area contributed by atoms with Gasteiger partial charge in [0.1, 0.15) is 12.1 Å². The molecule has 0 radical (unpaired) electrons. The van der Waals surface area contributed by atoms with Crippen molar-refractivity contribution in [1.29, 1.82) is 0 Å². The van der Waals surface area contributed by atoms with Crippen molar-refractivity contribution in [3.05, 3.63) is 108 Å². The second kappa shape index (κ2) is 22.0. The van der Waals surface area contributed by atoms with Gasteiger partial charge in [0.05, 0.1) is 6.04 Å². The number of rotatable bonds is 14. The maximum absolute atomic E-state index is 10.8. The number of hydrogen-bond acceptors (Lipinski definition) is 7. The van der Waals surface area contributed by atoms with Crippen LogP contribution in [0, 0.1) is 0 Å². The Labute approximate surface area is 264 Å². The van der Waals surface area contributed by atoms with E-state index in [2.05, 4.69) is 22.8 Å². The van der Waals surface area contributed by atoms with E-state index in [9.17, 15) is 19.2 Å². The number of amides is 2. The summed E-state index contributed by atoms with van der Waals surface area (Å²) in [4.78, 5) is 43.2. The van der Waals surface area contributed by atoms with E-state index in [0.717, 1.165) is 24.0 Å². The maximum Gasteiger partial charge on any atom is 0.326 e. The summed E-state index contributed by atoms with van der Waals surface area (Å²) >= 11 is 0. The molecule has 0 heterocycles. The lowest BCUT2D eigenvalue weighted by molar-refractivity contribution is -0.141. The molecule has 0 fully saturated rings. The molecule has 2 unspecified atom stereocenters. The summed E-state index contributed by atoms with van der Waals surface area (Å²) in [5.74, 6) is -2.71. The summed E-state index contributed by atoms with van der Waals surface area (Å²) in [6.07, 6.45) is 2.10. The van der Waals surface area contributed by atoms with Gasteiger partial charge in [-0.1, -0.05) is 91.0 Å². The molecule has 11 nitrogen and oxygen atoms in total. The molecule has 11 heteroatoms. The first-order chi connectivity index (χ1) is 21.5. The van der Waals surface area contributed by atoms with Gasteiger partial charge in [-0.2, -0.15) is 0 Å². The average molecular weight is 624 g/mol. The van der Waals surface area contributed by atoms with Crippen LogP contribution in [-0.4, -0.2) is 72.6 Å². The topological polar surface area (TPSA) is 177 Å². The van der Waals surface area contributed by atoms with E-state index in [1.807, 2.05) is 78.9 Å². The zero-order valence-corrected chi connectivity index (χ0v) is 26.2. The third-order valence-electron chi connectivity index (χ3n) is 6.34. The zero-order valence-electron chi connectivity index (χ0n) is 26.2. The van der Waals surface area contributed by atoms with Gasteiger partial charge < -0.3 is 36.1 Å². The van der Waals surface area contributed by atoms with E-state index in [-0.39, 0.29) is 24.1 Å². The van der Waals surface area contributed by atoms with Gasteiger partial charge in [0.2, 0.25) is 11.8 Å². The first-order valence-electron chi connectivity index (χ1n) is 14.4. The van der Waals surface area contributed by atoms with E-state index in [0.29, 0.717) is 12.8 Å². The van der Waals surface area contributed by atoms with Crippen LogP contribution in [-0.2, 0) is 47.9 Å². The van der Waals surface area contributed by atoms with E-state index >= 15 is 0 Å². The summed E-state index contributed by atoms with van der Waals surface area (Å²) in [5.41, 5.74) is 9.00. The van der Waals surface area contributed by atoms with Crippen LogP contribution >= 0.6 is 0 Å². The normalized spacial score (nSPS) is 12.2. The molecule has 6 N–H and O–H groups in total. The largest absolute Gasteiger partial charge is 0.480 e. The lowest BCUT2D eigenvalue weighted by atomic mass is 10.1. The Morgan fingerprint density at radius 3 is 1.27 bits per heavy atom. The summed E-state index contributed by atoms with van der Waals surface area (Å²) in [6.45, 7) is 2.61. The molecule has 0 spiro atoms.